The largest absolute Gasteiger partial charge is 0.478 e. The smallest absolute Gasteiger partial charge is 0.337 e. The zero-order valence-electron chi connectivity index (χ0n) is 11.1. The minimum Gasteiger partial charge on any atom is -0.478 e. The number of aromatic nitrogens is 5. The summed E-state index contributed by atoms with van der Waals surface area (Å²) in [5, 5.41) is 17.2. The standard InChI is InChI=1S/C13H13N5O2/c1-8-15-10-5-3-4-9(13(19)20)12(10)18(8)6-11-16-14-7-17(11)2/h3-5,7H,6H2,1-2H3,(H,19,20). The van der Waals surface area contributed by atoms with Crippen molar-refractivity contribution in [3.8, 4) is 0 Å². The summed E-state index contributed by atoms with van der Waals surface area (Å²) in [6, 6.07) is 5.09. The first-order valence-corrected chi connectivity index (χ1v) is 6.10. The zero-order valence-corrected chi connectivity index (χ0v) is 11.1. The highest BCUT2D eigenvalue weighted by molar-refractivity contribution is 6.01. The predicted octanol–water partition coefficient (Wildman–Crippen LogP) is 1.22. The lowest BCUT2D eigenvalue weighted by molar-refractivity contribution is 0.0698. The van der Waals surface area contributed by atoms with E-state index in [2.05, 4.69) is 15.2 Å². The molecule has 102 valence electrons. The van der Waals surface area contributed by atoms with Gasteiger partial charge in [-0.15, -0.1) is 10.2 Å². The minimum atomic E-state index is -0.963. The van der Waals surface area contributed by atoms with Gasteiger partial charge < -0.3 is 14.2 Å². The van der Waals surface area contributed by atoms with Crippen LogP contribution in [0, 0.1) is 6.92 Å². The quantitative estimate of drug-likeness (QED) is 0.774. The second-order valence-electron chi connectivity index (χ2n) is 4.58. The molecule has 0 unspecified atom stereocenters. The van der Waals surface area contributed by atoms with Crippen molar-refractivity contribution >= 4 is 17.0 Å². The van der Waals surface area contributed by atoms with E-state index in [0.717, 1.165) is 11.6 Å². The molecule has 0 radical (unpaired) electrons. The highest BCUT2D eigenvalue weighted by Crippen LogP contribution is 2.21. The molecule has 0 aliphatic rings. The van der Waals surface area contributed by atoms with Crippen molar-refractivity contribution in [2.45, 2.75) is 13.5 Å². The van der Waals surface area contributed by atoms with E-state index in [4.69, 9.17) is 0 Å². The van der Waals surface area contributed by atoms with Crippen LogP contribution in [0.3, 0.4) is 0 Å². The van der Waals surface area contributed by atoms with Crippen LogP contribution in [0.5, 0.6) is 0 Å². The van der Waals surface area contributed by atoms with Crippen LogP contribution in [0.1, 0.15) is 22.0 Å². The molecule has 0 saturated carbocycles. The molecule has 0 bridgehead atoms. The fourth-order valence-electron chi connectivity index (χ4n) is 2.26. The molecule has 7 heteroatoms. The third-order valence-electron chi connectivity index (χ3n) is 3.29. The van der Waals surface area contributed by atoms with Crippen LogP contribution < -0.4 is 0 Å². The number of carboxylic acids is 1. The van der Waals surface area contributed by atoms with Gasteiger partial charge in [0.1, 0.15) is 12.2 Å². The number of fused-ring (bicyclic) bond motifs is 1. The summed E-state index contributed by atoms with van der Waals surface area (Å²) in [6.45, 7) is 2.28. The molecule has 0 atom stereocenters. The maximum atomic E-state index is 11.4. The maximum Gasteiger partial charge on any atom is 0.337 e. The monoisotopic (exact) mass is 271 g/mol. The van der Waals surface area contributed by atoms with Crippen LogP contribution in [0.4, 0.5) is 0 Å². The Hall–Kier alpha value is -2.70. The highest BCUT2D eigenvalue weighted by atomic mass is 16.4. The van der Waals surface area contributed by atoms with Gasteiger partial charge in [-0.1, -0.05) is 6.07 Å². The molecular formula is C13H13N5O2. The third kappa shape index (κ3) is 1.83. The van der Waals surface area contributed by atoms with E-state index in [1.54, 1.807) is 23.0 Å². The molecule has 3 rings (SSSR count). The summed E-state index contributed by atoms with van der Waals surface area (Å²) >= 11 is 0. The van der Waals surface area contributed by atoms with Gasteiger partial charge in [-0.2, -0.15) is 0 Å². The summed E-state index contributed by atoms with van der Waals surface area (Å²) in [5.74, 6) is 0.527. The van der Waals surface area contributed by atoms with Gasteiger partial charge in [0.2, 0.25) is 0 Å². The third-order valence-corrected chi connectivity index (χ3v) is 3.29. The Morgan fingerprint density at radius 1 is 1.40 bits per heavy atom. The van der Waals surface area contributed by atoms with Crippen molar-refractivity contribution in [2.75, 3.05) is 0 Å². The van der Waals surface area contributed by atoms with Crippen molar-refractivity contribution < 1.29 is 9.90 Å². The van der Waals surface area contributed by atoms with Gasteiger partial charge in [0, 0.05) is 7.05 Å². The lowest BCUT2D eigenvalue weighted by Crippen LogP contribution is -2.09. The van der Waals surface area contributed by atoms with Gasteiger partial charge in [0.25, 0.3) is 0 Å². The van der Waals surface area contributed by atoms with Gasteiger partial charge in [-0.05, 0) is 19.1 Å². The molecule has 2 heterocycles. The molecule has 0 aliphatic carbocycles. The number of benzene rings is 1. The van der Waals surface area contributed by atoms with Crippen LogP contribution in [0.25, 0.3) is 11.0 Å². The SMILES string of the molecule is Cc1nc2cccc(C(=O)O)c2n1Cc1nncn1C. The van der Waals surface area contributed by atoms with Crippen LogP contribution in [-0.2, 0) is 13.6 Å². The fraction of sp³-hybridized carbons (Fsp3) is 0.231. The van der Waals surface area contributed by atoms with Gasteiger partial charge in [-0.3, -0.25) is 0 Å². The number of carboxylic acid groups (broad SMARTS) is 1. The van der Waals surface area contributed by atoms with E-state index in [1.807, 2.05) is 24.6 Å². The molecule has 0 aliphatic heterocycles. The summed E-state index contributed by atoms with van der Waals surface area (Å²) in [6.07, 6.45) is 1.61. The van der Waals surface area contributed by atoms with Crippen molar-refractivity contribution in [2.24, 2.45) is 7.05 Å². The Balaban J connectivity index is 2.22. The molecule has 1 aromatic carbocycles. The number of hydrogen-bond acceptors (Lipinski definition) is 4. The van der Waals surface area contributed by atoms with E-state index in [0.29, 0.717) is 17.6 Å². The molecule has 1 N–H and O–H groups in total. The van der Waals surface area contributed by atoms with E-state index in [1.165, 1.54) is 0 Å². The lowest BCUT2D eigenvalue weighted by atomic mass is 10.2. The van der Waals surface area contributed by atoms with Crippen LogP contribution in [0.2, 0.25) is 0 Å². The van der Waals surface area contributed by atoms with Crippen molar-refractivity contribution in [3.05, 3.63) is 41.7 Å². The number of aryl methyl sites for hydroxylation is 2. The van der Waals surface area contributed by atoms with Gasteiger partial charge >= 0.3 is 5.97 Å². The first kappa shape index (κ1) is 12.3. The Bertz CT molecular complexity index is 802. The second kappa shape index (κ2) is 4.44. The summed E-state index contributed by atoms with van der Waals surface area (Å²) < 4.78 is 3.65. The molecular weight excluding hydrogens is 258 g/mol. The Morgan fingerprint density at radius 2 is 2.20 bits per heavy atom. The van der Waals surface area contributed by atoms with Crippen LogP contribution >= 0.6 is 0 Å². The lowest BCUT2D eigenvalue weighted by Gasteiger charge is -2.07. The summed E-state index contributed by atoms with van der Waals surface area (Å²) in [5.41, 5.74) is 1.52. The van der Waals surface area contributed by atoms with Crippen molar-refractivity contribution in [3.63, 3.8) is 0 Å². The Morgan fingerprint density at radius 3 is 2.85 bits per heavy atom. The first-order valence-electron chi connectivity index (χ1n) is 6.10. The normalized spacial score (nSPS) is 11.1. The average molecular weight is 271 g/mol. The number of hydrogen-bond donors (Lipinski definition) is 1. The number of rotatable bonds is 3. The van der Waals surface area contributed by atoms with Crippen molar-refractivity contribution in [1.29, 1.82) is 0 Å². The second-order valence-corrected chi connectivity index (χ2v) is 4.58. The molecule has 0 amide bonds. The van der Waals surface area contributed by atoms with Crippen LogP contribution in [-0.4, -0.2) is 35.4 Å². The Kier molecular flexibility index (Phi) is 2.74. The first-order chi connectivity index (χ1) is 9.58. The molecule has 0 spiro atoms. The van der Waals surface area contributed by atoms with E-state index in [-0.39, 0.29) is 5.56 Å². The van der Waals surface area contributed by atoms with E-state index >= 15 is 0 Å². The van der Waals surface area contributed by atoms with Gasteiger partial charge in [0.15, 0.2) is 5.82 Å². The molecule has 20 heavy (non-hydrogen) atoms. The topological polar surface area (TPSA) is 85.8 Å². The summed E-state index contributed by atoms with van der Waals surface area (Å²) in [7, 11) is 1.85. The van der Waals surface area contributed by atoms with Crippen LogP contribution in [0.15, 0.2) is 24.5 Å². The number of aromatic carboxylic acids is 1. The zero-order chi connectivity index (χ0) is 14.3. The number of para-hydroxylation sites is 1. The molecule has 2 aromatic heterocycles. The molecule has 0 saturated heterocycles. The molecule has 7 nitrogen and oxygen atoms in total. The van der Waals surface area contributed by atoms with Crippen molar-refractivity contribution in [1.82, 2.24) is 24.3 Å². The van der Waals surface area contributed by atoms with E-state index < -0.39 is 5.97 Å². The van der Waals surface area contributed by atoms with E-state index in [9.17, 15) is 9.90 Å². The average Bonchev–Trinajstić information content (AvgIpc) is 2.94. The fourth-order valence-corrected chi connectivity index (χ4v) is 2.26. The Labute approximate surface area is 114 Å². The van der Waals surface area contributed by atoms with Gasteiger partial charge in [0.05, 0.1) is 23.1 Å². The van der Waals surface area contributed by atoms with Gasteiger partial charge in [-0.25, -0.2) is 9.78 Å². The summed E-state index contributed by atoms with van der Waals surface area (Å²) in [4.78, 5) is 15.8. The number of nitrogens with zero attached hydrogens (tertiary/aromatic N) is 5. The molecule has 3 aromatic rings. The predicted molar refractivity (Wildman–Crippen MR) is 71.5 cm³/mol. The molecule has 0 fully saturated rings. The maximum absolute atomic E-state index is 11.4. The minimum absolute atomic E-state index is 0.241. The highest BCUT2D eigenvalue weighted by Gasteiger charge is 2.17. The number of imidazole rings is 1. The number of carbonyl (C=O) groups is 1.